The van der Waals surface area contributed by atoms with Crippen molar-refractivity contribution in [2.75, 3.05) is 6.61 Å². The fraction of sp³-hybridized carbons (Fsp3) is 0.750. The Morgan fingerprint density at radius 3 is 1.90 bits per heavy atom. The van der Waals surface area contributed by atoms with Crippen LogP contribution in [-0.2, 0) is 17.4 Å². The summed E-state index contributed by atoms with van der Waals surface area (Å²) >= 11 is -2.20. The maximum absolute atomic E-state index is 11.7. The van der Waals surface area contributed by atoms with E-state index in [0.29, 0.717) is 6.61 Å². The fourth-order valence-electron chi connectivity index (χ4n) is 1.83. The monoisotopic (exact) mass is 406 g/mol. The van der Waals surface area contributed by atoms with Crippen LogP contribution >= 0.6 is 0 Å². The average Bonchev–Trinajstić information content (AvgIpc) is 2.48. The van der Waals surface area contributed by atoms with Crippen LogP contribution in [0.15, 0.2) is 12.2 Å². The maximum atomic E-state index is 11.7. The predicted octanol–water partition coefficient (Wildman–Crippen LogP) is 3.75. The van der Waals surface area contributed by atoms with Crippen LogP contribution in [0.2, 0.25) is 8.87 Å². The van der Waals surface area contributed by atoms with Crippen molar-refractivity contribution in [1.29, 1.82) is 0 Å². The third kappa shape index (κ3) is 12.9. The fourth-order valence-corrected chi connectivity index (χ4v) is 9.42. The van der Waals surface area contributed by atoms with Gasteiger partial charge in [0.05, 0.1) is 0 Å². The average molecular weight is 405 g/mol. The van der Waals surface area contributed by atoms with Gasteiger partial charge in [-0.3, -0.25) is 0 Å². The van der Waals surface area contributed by atoms with Gasteiger partial charge in [0, 0.05) is 0 Å². The summed E-state index contributed by atoms with van der Waals surface area (Å²) in [5.74, 6) is -0.829. The number of ether oxygens (including phenoxy) is 1. The molecular formula is C16H30O4Sn. The standard InChI is InChI=1S/C8H12O4.2C4H9.Sn.H/c1-2-3-6-12-8(11)5-4-7(9)10;2*1-3-4-2;;/h4-5H,2-3,6H2,1H3,(H,9,10);2*1,3-4H2,2H3;;/q;;;+1;/p-1/b5-4-;;;;. The van der Waals surface area contributed by atoms with Gasteiger partial charge < -0.3 is 0 Å². The van der Waals surface area contributed by atoms with E-state index in [2.05, 4.69) is 13.8 Å². The van der Waals surface area contributed by atoms with Crippen LogP contribution in [0, 0.1) is 0 Å². The van der Waals surface area contributed by atoms with Crippen LogP contribution in [0.4, 0.5) is 0 Å². The Hall–Kier alpha value is -0.521. The van der Waals surface area contributed by atoms with Crippen molar-refractivity contribution < 1.29 is 17.4 Å². The zero-order valence-electron chi connectivity index (χ0n) is 13.7. The molecule has 0 aliphatic rings. The summed E-state index contributed by atoms with van der Waals surface area (Å²) < 4.78 is 12.8. The third-order valence-corrected chi connectivity index (χ3v) is 10.8. The Morgan fingerprint density at radius 2 is 1.38 bits per heavy atom. The van der Waals surface area contributed by atoms with Crippen molar-refractivity contribution in [1.82, 2.24) is 0 Å². The van der Waals surface area contributed by atoms with Crippen molar-refractivity contribution in [3.05, 3.63) is 12.2 Å². The molecule has 0 bridgehead atoms. The summed E-state index contributed by atoms with van der Waals surface area (Å²) in [6.45, 7) is 6.73. The van der Waals surface area contributed by atoms with Crippen molar-refractivity contribution in [2.45, 2.75) is 68.2 Å². The zero-order chi connectivity index (χ0) is 15.9. The first-order valence-corrected chi connectivity index (χ1v) is 14.2. The minimum absolute atomic E-state index is 0.365. The molecule has 0 atom stereocenters. The van der Waals surface area contributed by atoms with Gasteiger partial charge in [-0.1, -0.05) is 0 Å². The molecule has 0 unspecified atom stereocenters. The Morgan fingerprint density at radius 1 is 0.857 bits per heavy atom. The molecule has 0 aliphatic carbocycles. The zero-order valence-corrected chi connectivity index (χ0v) is 17.0. The number of unbranched alkanes of at least 4 members (excludes halogenated alkanes) is 3. The first-order chi connectivity index (χ1) is 10.1. The Labute approximate surface area is 136 Å². The molecule has 122 valence electrons. The van der Waals surface area contributed by atoms with Crippen LogP contribution in [0.5, 0.6) is 0 Å². The summed E-state index contributed by atoms with van der Waals surface area (Å²) in [4.78, 5) is 23.1. The quantitative estimate of drug-likeness (QED) is 0.215. The summed E-state index contributed by atoms with van der Waals surface area (Å²) in [5, 5.41) is 0. The van der Waals surface area contributed by atoms with E-state index < -0.39 is 26.1 Å². The van der Waals surface area contributed by atoms with E-state index in [1.807, 2.05) is 6.92 Å². The Balaban J connectivity index is 4.12. The SMILES string of the molecule is CCCCOC(=O)/C=C\C(=O)[O][SnH]([CH2]CCC)[CH2]CCC. The van der Waals surface area contributed by atoms with Gasteiger partial charge in [0.25, 0.3) is 0 Å². The molecule has 5 heteroatoms. The van der Waals surface area contributed by atoms with Crippen molar-refractivity contribution in [3.63, 3.8) is 0 Å². The molecule has 0 aromatic carbocycles. The number of hydrogen-bond donors (Lipinski definition) is 0. The molecular weight excluding hydrogens is 375 g/mol. The van der Waals surface area contributed by atoms with E-state index in [1.165, 1.54) is 12.2 Å². The molecule has 0 fully saturated rings. The molecule has 0 aliphatic heterocycles. The summed E-state index contributed by atoms with van der Waals surface area (Å²) in [6, 6.07) is 0. The molecule has 0 amide bonds. The third-order valence-electron chi connectivity index (χ3n) is 3.14. The number of carbonyl (C=O) groups excluding carboxylic acids is 2. The van der Waals surface area contributed by atoms with Gasteiger partial charge in [0.1, 0.15) is 0 Å². The predicted molar refractivity (Wildman–Crippen MR) is 87.7 cm³/mol. The van der Waals surface area contributed by atoms with Gasteiger partial charge in [-0.15, -0.1) is 0 Å². The van der Waals surface area contributed by atoms with E-state index in [-0.39, 0.29) is 5.97 Å². The second kappa shape index (κ2) is 14.4. The summed E-state index contributed by atoms with van der Waals surface area (Å²) in [5.41, 5.74) is 0. The molecule has 0 N–H and O–H groups in total. The van der Waals surface area contributed by atoms with Crippen molar-refractivity contribution in [2.24, 2.45) is 0 Å². The van der Waals surface area contributed by atoms with E-state index >= 15 is 0 Å². The van der Waals surface area contributed by atoms with Crippen LogP contribution in [-0.4, -0.2) is 38.7 Å². The number of hydrogen-bond acceptors (Lipinski definition) is 4. The van der Waals surface area contributed by atoms with E-state index in [4.69, 9.17) is 7.81 Å². The number of rotatable bonds is 12. The molecule has 0 radical (unpaired) electrons. The van der Waals surface area contributed by atoms with Gasteiger partial charge in [-0.05, 0) is 0 Å². The van der Waals surface area contributed by atoms with Crippen molar-refractivity contribution >= 4 is 32.1 Å². The molecule has 0 rings (SSSR count). The molecule has 0 saturated carbocycles. The van der Waals surface area contributed by atoms with Crippen LogP contribution in [0.3, 0.4) is 0 Å². The second-order valence-electron chi connectivity index (χ2n) is 5.20. The molecule has 0 aromatic heterocycles. The normalized spacial score (nSPS) is 11.0. The van der Waals surface area contributed by atoms with Crippen molar-refractivity contribution in [3.8, 4) is 0 Å². The molecule has 4 nitrogen and oxygen atoms in total. The van der Waals surface area contributed by atoms with Gasteiger partial charge in [-0.2, -0.15) is 0 Å². The van der Waals surface area contributed by atoms with Gasteiger partial charge in [-0.25, -0.2) is 0 Å². The Bertz CT molecular complexity index is 307. The summed E-state index contributed by atoms with van der Waals surface area (Å²) in [6.07, 6.45) is 8.77. The molecule has 0 heterocycles. The van der Waals surface area contributed by atoms with E-state index in [9.17, 15) is 9.59 Å². The van der Waals surface area contributed by atoms with E-state index in [0.717, 1.165) is 47.4 Å². The molecule has 21 heavy (non-hydrogen) atoms. The Kier molecular flexibility index (Phi) is 14.1. The van der Waals surface area contributed by atoms with E-state index in [1.54, 1.807) is 0 Å². The van der Waals surface area contributed by atoms with Crippen LogP contribution in [0.1, 0.15) is 59.3 Å². The topological polar surface area (TPSA) is 52.6 Å². The van der Waals surface area contributed by atoms with Crippen LogP contribution < -0.4 is 0 Å². The number of esters is 1. The molecule has 0 aromatic rings. The van der Waals surface area contributed by atoms with Crippen LogP contribution in [0.25, 0.3) is 0 Å². The second-order valence-corrected chi connectivity index (χ2v) is 12.7. The summed E-state index contributed by atoms with van der Waals surface area (Å²) in [7, 11) is 0. The molecule has 0 spiro atoms. The van der Waals surface area contributed by atoms with Gasteiger partial charge in [0.2, 0.25) is 0 Å². The first kappa shape index (κ1) is 20.5. The first-order valence-electron chi connectivity index (χ1n) is 8.19. The minimum atomic E-state index is -2.20. The van der Waals surface area contributed by atoms with Gasteiger partial charge in [0.15, 0.2) is 0 Å². The van der Waals surface area contributed by atoms with Gasteiger partial charge >= 0.3 is 136 Å². The molecule has 0 saturated heterocycles. The number of carbonyl (C=O) groups is 2.